The third-order valence-corrected chi connectivity index (χ3v) is 11.8. The van der Waals surface area contributed by atoms with Crippen molar-refractivity contribution in [3.63, 3.8) is 0 Å². The fourth-order valence-corrected chi connectivity index (χ4v) is 8.30. The van der Waals surface area contributed by atoms with Crippen LogP contribution in [0, 0.1) is 5.92 Å². The number of hydrogen-bond donors (Lipinski definition) is 4. The van der Waals surface area contributed by atoms with Gasteiger partial charge in [0.1, 0.15) is 11.4 Å². The minimum Gasteiger partial charge on any atom is -0.400 e. The number of aldehydes is 2. The lowest BCUT2D eigenvalue weighted by molar-refractivity contribution is -0.000647. The van der Waals surface area contributed by atoms with Crippen LogP contribution in [0.3, 0.4) is 0 Å². The summed E-state index contributed by atoms with van der Waals surface area (Å²) in [6.07, 6.45) is 4.03. The molecule has 0 amide bonds. The van der Waals surface area contributed by atoms with Gasteiger partial charge in [0.15, 0.2) is 12.6 Å². The number of nitrogens with two attached hydrogens (primary N) is 2. The summed E-state index contributed by atoms with van der Waals surface area (Å²) in [5.74, 6) is 0.907. The fourth-order valence-electron chi connectivity index (χ4n) is 8.30. The van der Waals surface area contributed by atoms with E-state index in [-0.39, 0.29) is 24.0 Å². The standard InChI is InChI=1S/C44H56N6O6.C6H15N.2CH4O/c1-33-39-13-5-6-16-42(39)50(29-35-9-3-4-14-40(35)43(33)45)34(2)44(41-15-8-12-38(32-52)47-41)49-19-23-55-27-25-53-21-17-48(18-22-54-26-28-56-24-20-49)30-36-10-7-11-37(31-51)46-36;1-6(2)4-3-5-7;2*1-2/h3-16,31-34,43-44H,17-30,45H2,1-2H3;6H,3-5,7H2,1-2H3;2*2H,1H3. The van der Waals surface area contributed by atoms with Crippen molar-refractivity contribution in [1.29, 1.82) is 0 Å². The van der Waals surface area contributed by atoms with E-state index in [0.29, 0.717) is 104 Å². The molecular weight excluding hydrogens is 851 g/mol. The quantitative estimate of drug-likeness (QED) is 0.131. The van der Waals surface area contributed by atoms with Crippen molar-refractivity contribution in [2.75, 3.05) is 105 Å². The monoisotopic (exact) mass is 930 g/mol. The molecule has 2 aliphatic rings. The van der Waals surface area contributed by atoms with Crippen molar-refractivity contribution in [2.24, 2.45) is 17.4 Å². The maximum atomic E-state index is 12.0. The molecule has 0 radical (unpaired) electrons. The smallest absolute Gasteiger partial charge is 0.168 e. The third kappa shape index (κ3) is 18.8. The van der Waals surface area contributed by atoms with Gasteiger partial charge in [0.2, 0.25) is 0 Å². The summed E-state index contributed by atoms with van der Waals surface area (Å²) in [5.41, 5.74) is 19.4. The van der Waals surface area contributed by atoms with Gasteiger partial charge in [-0.25, -0.2) is 9.97 Å². The molecule has 15 nitrogen and oxygen atoms in total. The van der Waals surface area contributed by atoms with Crippen molar-refractivity contribution in [3.05, 3.63) is 124 Å². The number of aliphatic hydroxyl groups is 2. The van der Waals surface area contributed by atoms with E-state index in [1.807, 2.05) is 24.3 Å². The number of fused-ring (bicyclic) bond motifs is 2. The van der Waals surface area contributed by atoms with E-state index >= 15 is 0 Å². The van der Waals surface area contributed by atoms with Crippen molar-refractivity contribution in [2.45, 2.75) is 77.7 Å². The number of carbonyl (C=O) groups excluding carboxylic acids is 2. The maximum Gasteiger partial charge on any atom is 0.168 e. The second kappa shape index (κ2) is 33.1. The Morgan fingerprint density at radius 3 is 1.79 bits per heavy atom. The van der Waals surface area contributed by atoms with Gasteiger partial charge in [-0.2, -0.15) is 0 Å². The van der Waals surface area contributed by atoms with Gasteiger partial charge in [-0.3, -0.25) is 19.4 Å². The molecule has 2 aliphatic heterocycles. The molecule has 0 aliphatic carbocycles. The maximum absolute atomic E-state index is 12.0. The molecular formula is C52H79N7O8. The zero-order valence-corrected chi connectivity index (χ0v) is 40.9. The van der Waals surface area contributed by atoms with Crippen LogP contribution < -0.4 is 16.4 Å². The zero-order valence-electron chi connectivity index (χ0n) is 40.9. The number of anilines is 1. The van der Waals surface area contributed by atoms with E-state index in [1.54, 1.807) is 12.1 Å². The van der Waals surface area contributed by atoms with Crippen LogP contribution in [0.15, 0.2) is 84.9 Å². The Morgan fingerprint density at radius 2 is 1.22 bits per heavy atom. The number of benzene rings is 2. The van der Waals surface area contributed by atoms with Crippen LogP contribution in [0.1, 0.15) is 108 Å². The number of hydrogen-bond acceptors (Lipinski definition) is 15. The summed E-state index contributed by atoms with van der Waals surface area (Å²) in [5, 5.41) is 14.0. The molecule has 4 heterocycles. The molecule has 1 saturated heterocycles. The van der Waals surface area contributed by atoms with Gasteiger partial charge in [0.05, 0.1) is 70.3 Å². The van der Waals surface area contributed by atoms with Crippen LogP contribution in [-0.2, 0) is 32.0 Å². The molecule has 2 aromatic carbocycles. The molecule has 15 heteroatoms. The van der Waals surface area contributed by atoms with Gasteiger partial charge in [-0.1, -0.05) is 75.4 Å². The molecule has 370 valence electrons. The normalized spacial score (nSPS) is 19.0. The lowest BCUT2D eigenvalue weighted by Crippen LogP contribution is -2.48. The molecule has 6 N–H and O–H groups in total. The molecule has 0 bridgehead atoms. The van der Waals surface area contributed by atoms with E-state index in [9.17, 15) is 9.59 Å². The Kier molecular flexibility index (Phi) is 28.0. The third-order valence-electron chi connectivity index (χ3n) is 11.8. The van der Waals surface area contributed by atoms with E-state index in [0.717, 1.165) is 61.9 Å². The summed E-state index contributed by atoms with van der Waals surface area (Å²) >= 11 is 0. The number of carbonyl (C=O) groups is 2. The average molecular weight is 930 g/mol. The van der Waals surface area contributed by atoms with E-state index in [2.05, 4.69) is 95.9 Å². The molecule has 67 heavy (non-hydrogen) atoms. The number of aliphatic hydroxyl groups excluding tert-OH is 2. The molecule has 4 aromatic rings. The minimum atomic E-state index is -0.225. The molecule has 4 unspecified atom stereocenters. The van der Waals surface area contributed by atoms with Crippen molar-refractivity contribution < 1.29 is 38.7 Å². The highest BCUT2D eigenvalue weighted by Gasteiger charge is 2.35. The molecule has 6 rings (SSSR count). The average Bonchev–Trinajstić information content (AvgIpc) is 3.36. The summed E-state index contributed by atoms with van der Waals surface area (Å²) in [4.78, 5) is 39.7. The largest absolute Gasteiger partial charge is 0.400 e. The van der Waals surface area contributed by atoms with Crippen LogP contribution in [-0.4, -0.2) is 148 Å². The second-order valence-corrected chi connectivity index (χ2v) is 16.7. The Labute approximate surface area is 399 Å². The van der Waals surface area contributed by atoms with Gasteiger partial charge < -0.3 is 45.5 Å². The number of nitrogens with zero attached hydrogens (tertiary/aromatic N) is 5. The first-order valence-corrected chi connectivity index (χ1v) is 23.6. The minimum absolute atomic E-state index is 0.0839. The Bertz CT molecular complexity index is 1940. The summed E-state index contributed by atoms with van der Waals surface area (Å²) < 4.78 is 24.4. The zero-order chi connectivity index (χ0) is 48.8. The van der Waals surface area contributed by atoms with Gasteiger partial charge in [0, 0.05) is 77.2 Å². The Balaban J connectivity index is 0.000000979. The highest BCUT2D eigenvalue weighted by molar-refractivity contribution is 5.72. The second-order valence-electron chi connectivity index (χ2n) is 16.7. The van der Waals surface area contributed by atoms with Crippen LogP contribution in [0.2, 0.25) is 0 Å². The molecule has 0 spiro atoms. The van der Waals surface area contributed by atoms with Crippen LogP contribution in [0.25, 0.3) is 0 Å². The highest BCUT2D eigenvalue weighted by Crippen LogP contribution is 2.42. The predicted octanol–water partition coefficient (Wildman–Crippen LogP) is 5.84. The first-order valence-electron chi connectivity index (χ1n) is 23.6. The summed E-state index contributed by atoms with van der Waals surface area (Å²) in [7, 11) is 2.00. The lowest BCUT2D eigenvalue weighted by Gasteiger charge is -2.44. The van der Waals surface area contributed by atoms with Crippen LogP contribution >= 0.6 is 0 Å². The summed E-state index contributed by atoms with van der Waals surface area (Å²) in [6.45, 7) is 17.4. The number of aromatic nitrogens is 2. The van der Waals surface area contributed by atoms with E-state index in [1.165, 1.54) is 24.0 Å². The van der Waals surface area contributed by atoms with Crippen LogP contribution in [0.5, 0.6) is 0 Å². The summed E-state index contributed by atoms with van der Waals surface area (Å²) in [6, 6.07) is 27.8. The van der Waals surface area contributed by atoms with E-state index < -0.39 is 0 Å². The van der Waals surface area contributed by atoms with Crippen molar-refractivity contribution >= 4 is 18.3 Å². The highest BCUT2D eigenvalue weighted by atomic mass is 16.5. The van der Waals surface area contributed by atoms with Crippen molar-refractivity contribution in [1.82, 2.24) is 19.8 Å². The van der Waals surface area contributed by atoms with Gasteiger partial charge in [-0.05, 0) is 79.3 Å². The van der Waals surface area contributed by atoms with Gasteiger partial charge in [-0.15, -0.1) is 0 Å². The Hall–Kier alpha value is -4.52. The lowest BCUT2D eigenvalue weighted by atomic mass is 9.83. The SMILES string of the molecule is CC(C)CCCN.CC1c2ccccc2N(C(C)C(c2cccc(C=O)n2)N2CCOCCOCCN(Cc3cccc(C=O)n3)CCOCCOCC2)Cc2ccccc2C1N.CO.CO. The Morgan fingerprint density at radius 1 is 0.687 bits per heavy atom. The molecule has 4 atom stereocenters. The molecule has 0 saturated carbocycles. The fraction of sp³-hybridized carbons (Fsp3) is 0.538. The van der Waals surface area contributed by atoms with Crippen LogP contribution in [0.4, 0.5) is 5.69 Å². The molecule has 1 fully saturated rings. The molecule has 2 aromatic heterocycles. The number of pyridine rings is 2. The number of ether oxygens (including phenoxy) is 4. The first kappa shape index (κ1) is 56.8. The van der Waals surface area contributed by atoms with Gasteiger partial charge >= 0.3 is 0 Å². The number of rotatable bonds is 11. The first-order chi connectivity index (χ1) is 32.7. The number of para-hydroxylation sites is 1. The predicted molar refractivity (Wildman–Crippen MR) is 265 cm³/mol. The topological polar surface area (TPSA) is 199 Å². The van der Waals surface area contributed by atoms with Gasteiger partial charge in [0.25, 0.3) is 0 Å². The van der Waals surface area contributed by atoms with E-state index in [4.69, 9.17) is 45.6 Å². The van der Waals surface area contributed by atoms with Crippen molar-refractivity contribution in [3.8, 4) is 0 Å².